The van der Waals surface area contributed by atoms with Crippen LogP contribution in [-0.4, -0.2) is 17.0 Å². The van der Waals surface area contributed by atoms with Crippen LogP contribution in [0.4, 0.5) is 0 Å². The highest BCUT2D eigenvalue weighted by Gasteiger charge is 2.31. The van der Waals surface area contributed by atoms with E-state index in [1.54, 1.807) is 0 Å². The summed E-state index contributed by atoms with van der Waals surface area (Å²) in [5.74, 6) is -1.41. The van der Waals surface area contributed by atoms with Gasteiger partial charge in [0.2, 0.25) is 5.91 Å². The summed E-state index contributed by atoms with van der Waals surface area (Å²) in [7, 11) is 0. The molecule has 4 nitrogen and oxygen atoms in total. The van der Waals surface area contributed by atoms with E-state index in [4.69, 9.17) is 16.7 Å². The molecule has 1 fully saturated rings. The van der Waals surface area contributed by atoms with Gasteiger partial charge in [0.25, 0.3) is 0 Å². The first-order chi connectivity index (χ1) is 9.47. The van der Waals surface area contributed by atoms with Crippen LogP contribution in [0.5, 0.6) is 0 Å². The number of hydrogen-bond acceptors (Lipinski definition) is 3. The number of thiophene rings is 1. The van der Waals surface area contributed by atoms with E-state index < -0.39 is 5.97 Å². The Morgan fingerprint density at radius 2 is 2.10 bits per heavy atom. The molecule has 2 N–H and O–H groups in total. The summed E-state index contributed by atoms with van der Waals surface area (Å²) in [6, 6.07) is 3.62. The Morgan fingerprint density at radius 3 is 2.70 bits per heavy atom. The zero-order valence-electron chi connectivity index (χ0n) is 11.3. The highest BCUT2D eigenvalue weighted by molar-refractivity contribution is 7.16. The van der Waals surface area contributed by atoms with Crippen LogP contribution in [0.1, 0.15) is 43.5 Å². The Labute approximate surface area is 127 Å². The first kappa shape index (κ1) is 15.3. The molecule has 110 valence electrons. The third-order valence-corrected chi connectivity index (χ3v) is 5.19. The van der Waals surface area contributed by atoms with Crippen molar-refractivity contribution in [1.29, 1.82) is 0 Å². The number of hydrogen-bond donors (Lipinski definition) is 2. The number of carbonyl (C=O) groups is 2. The number of amides is 1. The van der Waals surface area contributed by atoms with E-state index in [0.29, 0.717) is 17.2 Å². The molecule has 1 aromatic rings. The van der Waals surface area contributed by atoms with E-state index in [2.05, 4.69) is 5.32 Å². The van der Waals surface area contributed by atoms with E-state index in [0.717, 1.165) is 17.7 Å². The van der Waals surface area contributed by atoms with Gasteiger partial charge in [0.15, 0.2) is 0 Å². The van der Waals surface area contributed by atoms with Gasteiger partial charge in [0.05, 0.1) is 16.3 Å². The molecule has 0 aromatic carbocycles. The molecule has 2 rings (SSSR count). The van der Waals surface area contributed by atoms with Crippen LogP contribution in [0.25, 0.3) is 0 Å². The van der Waals surface area contributed by atoms with E-state index >= 15 is 0 Å². The molecule has 3 unspecified atom stereocenters. The van der Waals surface area contributed by atoms with Gasteiger partial charge in [-0.05, 0) is 38.3 Å². The zero-order valence-corrected chi connectivity index (χ0v) is 12.8. The summed E-state index contributed by atoms with van der Waals surface area (Å²) in [6.45, 7) is 1.91. The van der Waals surface area contributed by atoms with Crippen molar-refractivity contribution in [1.82, 2.24) is 5.32 Å². The standard InChI is InChI=1S/C14H18ClNO3S/c1-8(11-5-6-12(15)20-11)16-13(17)9-3-2-4-10(7-9)14(18)19/h5-6,8-10H,2-4,7H2,1H3,(H,16,17)(H,18,19). The third kappa shape index (κ3) is 3.73. The lowest BCUT2D eigenvalue weighted by molar-refractivity contribution is -0.144. The molecular weight excluding hydrogens is 298 g/mol. The zero-order chi connectivity index (χ0) is 14.7. The molecule has 3 atom stereocenters. The lowest BCUT2D eigenvalue weighted by atomic mass is 9.81. The van der Waals surface area contributed by atoms with Crippen molar-refractivity contribution < 1.29 is 14.7 Å². The normalized spacial score (nSPS) is 24.1. The molecule has 0 spiro atoms. The molecule has 0 radical (unpaired) electrons. The van der Waals surface area contributed by atoms with Gasteiger partial charge in [-0.15, -0.1) is 11.3 Å². The highest BCUT2D eigenvalue weighted by atomic mass is 35.5. The Morgan fingerprint density at radius 1 is 1.40 bits per heavy atom. The van der Waals surface area contributed by atoms with E-state index in [9.17, 15) is 9.59 Å². The van der Waals surface area contributed by atoms with Crippen molar-refractivity contribution in [3.63, 3.8) is 0 Å². The molecule has 6 heteroatoms. The van der Waals surface area contributed by atoms with Crippen molar-refractivity contribution in [2.45, 2.75) is 38.6 Å². The summed E-state index contributed by atoms with van der Waals surface area (Å²) in [5, 5.41) is 12.0. The maximum Gasteiger partial charge on any atom is 0.306 e. The van der Waals surface area contributed by atoms with Crippen LogP contribution >= 0.6 is 22.9 Å². The van der Waals surface area contributed by atoms with Gasteiger partial charge in [-0.3, -0.25) is 9.59 Å². The predicted octanol–water partition coefficient (Wildman–Crippen LogP) is 3.47. The first-order valence-electron chi connectivity index (χ1n) is 6.75. The second kappa shape index (κ2) is 6.59. The quantitative estimate of drug-likeness (QED) is 0.894. The van der Waals surface area contributed by atoms with Crippen LogP contribution in [0.3, 0.4) is 0 Å². The number of carboxylic acid groups (broad SMARTS) is 1. The van der Waals surface area contributed by atoms with Crippen molar-refractivity contribution in [2.24, 2.45) is 11.8 Å². The monoisotopic (exact) mass is 315 g/mol. The predicted molar refractivity (Wildman–Crippen MR) is 79.0 cm³/mol. The summed E-state index contributed by atoms with van der Waals surface area (Å²) >= 11 is 7.33. The summed E-state index contributed by atoms with van der Waals surface area (Å²) in [5.41, 5.74) is 0. The molecule has 1 heterocycles. The largest absolute Gasteiger partial charge is 0.481 e. The fourth-order valence-electron chi connectivity index (χ4n) is 2.62. The molecule has 20 heavy (non-hydrogen) atoms. The van der Waals surface area contributed by atoms with Crippen molar-refractivity contribution >= 4 is 34.8 Å². The summed E-state index contributed by atoms with van der Waals surface area (Å²) < 4.78 is 0.699. The Hall–Kier alpha value is -1.07. The summed E-state index contributed by atoms with van der Waals surface area (Å²) in [6.07, 6.45) is 2.69. The summed E-state index contributed by atoms with van der Waals surface area (Å²) in [4.78, 5) is 24.3. The number of carboxylic acids is 1. The average Bonchev–Trinajstić information content (AvgIpc) is 2.85. The van der Waals surface area contributed by atoms with Gasteiger partial charge in [-0.2, -0.15) is 0 Å². The number of rotatable bonds is 4. The van der Waals surface area contributed by atoms with Crippen LogP contribution < -0.4 is 5.32 Å². The minimum Gasteiger partial charge on any atom is -0.481 e. The minimum absolute atomic E-state index is 0.0482. The SMILES string of the molecule is CC(NC(=O)C1CCCC(C(=O)O)C1)c1ccc(Cl)s1. The molecule has 1 aromatic heterocycles. The number of halogens is 1. The van der Waals surface area contributed by atoms with E-state index in [1.165, 1.54) is 11.3 Å². The molecule has 1 amide bonds. The molecule has 0 saturated heterocycles. The van der Waals surface area contributed by atoms with Gasteiger partial charge in [0, 0.05) is 10.8 Å². The second-order valence-electron chi connectivity index (χ2n) is 5.27. The Balaban J connectivity index is 1.92. The molecule has 1 aliphatic rings. The van der Waals surface area contributed by atoms with Gasteiger partial charge in [0.1, 0.15) is 0 Å². The van der Waals surface area contributed by atoms with Crippen molar-refractivity contribution in [2.75, 3.05) is 0 Å². The lowest BCUT2D eigenvalue weighted by Crippen LogP contribution is -2.36. The van der Waals surface area contributed by atoms with Gasteiger partial charge in [-0.1, -0.05) is 18.0 Å². The maximum absolute atomic E-state index is 12.2. The fraction of sp³-hybridized carbons (Fsp3) is 0.571. The fourth-order valence-corrected chi connectivity index (χ4v) is 3.68. The highest BCUT2D eigenvalue weighted by Crippen LogP contribution is 2.31. The lowest BCUT2D eigenvalue weighted by Gasteiger charge is -2.26. The van der Waals surface area contributed by atoms with E-state index in [-0.39, 0.29) is 23.8 Å². The Kier molecular flexibility index (Phi) is 5.05. The molecule has 1 aliphatic carbocycles. The molecule has 0 bridgehead atoms. The molecule has 0 aliphatic heterocycles. The van der Waals surface area contributed by atoms with Crippen molar-refractivity contribution in [3.8, 4) is 0 Å². The third-order valence-electron chi connectivity index (χ3n) is 3.77. The average molecular weight is 316 g/mol. The number of carbonyl (C=O) groups excluding carboxylic acids is 1. The van der Waals surface area contributed by atoms with Gasteiger partial charge < -0.3 is 10.4 Å². The Bertz CT molecular complexity index is 502. The number of nitrogens with one attached hydrogen (secondary N) is 1. The van der Waals surface area contributed by atoms with Crippen LogP contribution in [0.15, 0.2) is 12.1 Å². The molecular formula is C14H18ClNO3S. The van der Waals surface area contributed by atoms with Crippen molar-refractivity contribution in [3.05, 3.63) is 21.3 Å². The van der Waals surface area contributed by atoms with E-state index in [1.807, 2.05) is 19.1 Å². The first-order valence-corrected chi connectivity index (χ1v) is 7.95. The van der Waals surface area contributed by atoms with Crippen LogP contribution in [0, 0.1) is 11.8 Å². The second-order valence-corrected chi connectivity index (χ2v) is 7.02. The van der Waals surface area contributed by atoms with Gasteiger partial charge in [-0.25, -0.2) is 0 Å². The number of aliphatic carboxylic acids is 1. The van der Waals surface area contributed by atoms with Gasteiger partial charge >= 0.3 is 5.97 Å². The van der Waals surface area contributed by atoms with Crippen LogP contribution in [0.2, 0.25) is 4.34 Å². The topological polar surface area (TPSA) is 66.4 Å². The smallest absolute Gasteiger partial charge is 0.306 e. The maximum atomic E-state index is 12.2. The van der Waals surface area contributed by atoms with Crippen LogP contribution in [-0.2, 0) is 9.59 Å². The molecule has 1 saturated carbocycles. The minimum atomic E-state index is -0.791.